The predicted molar refractivity (Wildman–Crippen MR) is 125 cm³/mol. The number of nitrogens with one attached hydrogen (secondary N) is 1. The maximum atomic E-state index is 13.2. The smallest absolute Gasteiger partial charge is 0.262 e. The van der Waals surface area contributed by atoms with Gasteiger partial charge in [0.2, 0.25) is 11.2 Å². The van der Waals surface area contributed by atoms with E-state index in [1.165, 1.54) is 13.2 Å². The van der Waals surface area contributed by atoms with Gasteiger partial charge < -0.3 is 19.2 Å². The predicted octanol–water partition coefficient (Wildman–Crippen LogP) is 5.45. The van der Waals surface area contributed by atoms with Crippen molar-refractivity contribution in [2.24, 2.45) is 0 Å². The van der Waals surface area contributed by atoms with Crippen molar-refractivity contribution in [3.63, 3.8) is 0 Å². The summed E-state index contributed by atoms with van der Waals surface area (Å²) < 4.78 is 17.0. The molecule has 7 heteroatoms. The molecule has 0 atom stereocenters. The Morgan fingerprint density at radius 2 is 1.81 bits per heavy atom. The number of carbonyl (C=O) groups is 1. The summed E-state index contributed by atoms with van der Waals surface area (Å²) >= 11 is 6.07. The Kier molecular flexibility index (Phi) is 6.14. The molecule has 0 aliphatic rings. The highest BCUT2D eigenvalue weighted by atomic mass is 35.5. The van der Waals surface area contributed by atoms with Gasteiger partial charge in [-0.2, -0.15) is 0 Å². The second-order valence-electron chi connectivity index (χ2n) is 7.13. The molecule has 6 nitrogen and oxygen atoms in total. The number of amides is 1. The van der Waals surface area contributed by atoms with Crippen LogP contribution in [0, 0.1) is 6.92 Å². The zero-order chi connectivity index (χ0) is 22.7. The molecule has 0 fully saturated rings. The summed E-state index contributed by atoms with van der Waals surface area (Å²) in [4.78, 5) is 25.7. The molecule has 1 aromatic heterocycles. The Labute approximate surface area is 189 Å². The Morgan fingerprint density at radius 1 is 1.06 bits per heavy atom. The minimum Gasteiger partial charge on any atom is -0.495 e. The zero-order valence-corrected chi connectivity index (χ0v) is 18.2. The number of fused-ring (bicyclic) bond motifs is 1. The number of methoxy groups -OCH3 is 1. The van der Waals surface area contributed by atoms with E-state index in [0.717, 1.165) is 5.56 Å². The molecule has 0 unspecified atom stereocenters. The maximum Gasteiger partial charge on any atom is 0.262 e. The molecule has 0 bridgehead atoms. The van der Waals surface area contributed by atoms with E-state index < -0.39 is 17.9 Å². The fourth-order valence-corrected chi connectivity index (χ4v) is 3.42. The normalized spacial score (nSPS) is 10.7. The number of halogens is 1. The summed E-state index contributed by atoms with van der Waals surface area (Å²) in [5, 5.41) is 3.39. The van der Waals surface area contributed by atoms with Crippen LogP contribution in [0.5, 0.6) is 11.5 Å². The van der Waals surface area contributed by atoms with Gasteiger partial charge in [0, 0.05) is 10.6 Å². The summed E-state index contributed by atoms with van der Waals surface area (Å²) in [5.41, 5.74) is 2.18. The Morgan fingerprint density at radius 3 is 2.56 bits per heavy atom. The van der Waals surface area contributed by atoms with Crippen molar-refractivity contribution in [3.8, 4) is 22.8 Å². The third-order valence-electron chi connectivity index (χ3n) is 4.85. The van der Waals surface area contributed by atoms with Crippen molar-refractivity contribution in [3.05, 3.63) is 87.5 Å². The molecule has 1 N–H and O–H groups in total. The molecule has 0 aliphatic carbocycles. The first-order valence-electron chi connectivity index (χ1n) is 9.85. The van der Waals surface area contributed by atoms with Crippen molar-refractivity contribution in [1.82, 2.24) is 0 Å². The largest absolute Gasteiger partial charge is 0.495 e. The molecule has 0 spiro atoms. The van der Waals surface area contributed by atoms with Crippen molar-refractivity contribution in [1.29, 1.82) is 0 Å². The number of aryl methyl sites for hydroxylation is 1. The summed E-state index contributed by atoms with van der Waals surface area (Å²) in [6, 6.07) is 19.3. The summed E-state index contributed by atoms with van der Waals surface area (Å²) in [6.07, 6.45) is 0. The van der Waals surface area contributed by atoms with Gasteiger partial charge in [0.05, 0.1) is 18.2 Å². The molecule has 162 valence electrons. The molecule has 0 radical (unpaired) electrons. The van der Waals surface area contributed by atoms with Crippen LogP contribution in [0.1, 0.15) is 5.56 Å². The fraction of sp³-hybridized carbons (Fsp3) is 0.120. The van der Waals surface area contributed by atoms with Crippen LogP contribution >= 0.6 is 11.6 Å². The van der Waals surface area contributed by atoms with E-state index in [2.05, 4.69) is 5.32 Å². The lowest BCUT2D eigenvalue weighted by Gasteiger charge is -2.13. The molecular weight excluding hydrogens is 430 g/mol. The highest BCUT2D eigenvalue weighted by molar-refractivity contribution is 6.31. The van der Waals surface area contributed by atoms with Gasteiger partial charge in [0.15, 0.2) is 12.4 Å². The van der Waals surface area contributed by atoms with Crippen LogP contribution in [0.3, 0.4) is 0 Å². The third kappa shape index (κ3) is 4.45. The van der Waals surface area contributed by atoms with Crippen molar-refractivity contribution >= 4 is 34.2 Å². The van der Waals surface area contributed by atoms with Gasteiger partial charge in [-0.15, -0.1) is 0 Å². The first kappa shape index (κ1) is 21.5. The number of para-hydroxylation sites is 2. The lowest BCUT2D eigenvalue weighted by atomic mass is 10.1. The molecule has 1 heterocycles. The number of hydrogen-bond donors (Lipinski definition) is 1. The monoisotopic (exact) mass is 449 g/mol. The van der Waals surface area contributed by atoms with Gasteiger partial charge in [-0.25, -0.2) is 0 Å². The Bertz CT molecular complexity index is 1350. The lowest BCUT2D eigenvalue weighted by Crippen LogP contribution is -2.23. The van der Waals surface area contributed by atoms with Crippen LogP contribution in [0.25, 0.3) is 22.3 Å². The maximum absolute atomic E-state index is 13.2. The number of hydrogen-bond acceptors (Lipinski definition) is 5. The number of carbonyl (C=O) groups excluding carboxylic acids is 1. The van der Waals surface area contributed by atoms with Gasteiger partial charge >= 0.3 is 0 Å². The first-order chi connectivity index (χ1) is 15.5. The van der Waals surface area contributed by atoms with E-state index in [1.807, 2.05) is 31.2 Å². The van der Waals surface area contributed by atoms with Crippen LogP contribution in [-0.2, 0) is 4.79 Å². The van der Waals surface area contributed by atoms with E-state index in [1.54, 1.807) is 36.4 Å². The van der Waals surface area contributed by atoms with Gasteiger partial charge in [-0.1, -0.05) is 53.6 Å². The van der Waals surface area contributed by atoms with E-state index in [4.69, 9.17) is 25.5 Å². The highest BCUT2D eigenvalue weighted by Crippen LogP contribution is 2.32. The van der Waals surface area contributed by atoms with Gasteiger partial charge in [-0.3, -0.25) is 9.59 Å². The van der Waals surface area contributed by atoms with E-state index in [9.17, 15) is 9.59 Å². The number of benzene rings is 3. The molecule has 32 heavy (non-hydrogen) atoms. The summed E-state index contributed by atoms with van der Waals surface area (Å²) in [7, 11) is 1.51. The fourth-order valence-electron chi connectivity index (χ4n) is 3.25. The summed E-state index contributed by atoms with van der Waals surface area (Å²) in [6.45, 7) is 1.57. The molecule has 0 saturated carbocycles. The topological polar surface area (TPSA) is 77.8 Å². The average molecular weight is 450 g/mol. The summed E-state index contributed by atoms with van der Waals surface area (Å²) in [5.74, 6) is 0.254. The van der Waals surface area contributed by atoms with Crippen LogP contribution < -0.4 is 20.2 Å². The standard InChI is InChI=1S/C25H20ClNO5/c1-15-7-9-16(10-8-15)24-25(23(29)18-13-17(26)11-12-20(18)32-24)31-14-22(28)27-19-5-3-4-6-21(19)30-2/h3-13H,14H2,1-2H3,(H,27,28). The second-order valence-corrected chi connectivity index (χ2v) is 7.57. The van der Waals surface area contributed by atoms with Crippen molar-refractivity contribution in [2.45, 2.75) is 6.92 Å². The minimum absolute atomic E-state index is 0.0567. The molecule has 4 rings (SSSR count). The van der Waals surface area contributed by atoms with Gasteiger partial charge in [-0.05, 0) is 37.3 Å². The third-order valence-corrected chi connectivity index (χ3v) is 5.09. The van der Waals surface area contributed by atoms with Gasteiger partial charge in [0.25, 0.3) is 5.91 Å². The van der Waals surface area contributed by atoms with Crippen LogP contribution in [0.2, 0.25) is 5.02 Å². The highest BCUT2D eigenvalue weighted by Gasteiger charge is 2.19. The first-order valence-corrected chi connectivity index (χ1v) is 10.2. The molecule has 0 aliphatic heterocycles. The molecule has 0 saturated heterocycles. The van der Waals surface area contributed by atoms with E-state index >= 15 is 0 Å². The van der Waals surface area contributed by atoms with E-state index in [0.29, 0.717) is 27.6 Å². The van der Waals surface area contributed by atoms with Crippen LogP contribution in [0.4, 0.5) is 5.69 Å². The average Bonchev–Trinajstić information content (AvgIpc) is 2.79. The lowest BCUT2D eigenvalue weighted by molar-refractivity contribution is -0.118. The minimum atomic E-state index is -0.449. The second kappa shape index (κ2) is 9.16. The Hall–Kier alpha value is -3.77. The molecular formula is C25H20ClNO5. The number of anilines is 1. The SMILES string of the molecule is COc1ccccc1NC(=O)COc1c(-c2ccc(C)cc2)oc2ccc(Cl)cc2c1=O. The quantitative estimate of drug-likeness (QED) is 0.423. The molecule has 3 aromatic carbocycles. The number of ether oxygens (including phenoxy) is 2. The van der Waals surface area contributed by atoms with Crippen molar-refractivity contribution in [2.75, 3.05) is 19.0 Å². The molecule has 4 aromatic rings. The number of rotatable bonds is 6. The van der Waals surface area contributed by atoms with Crippen molar-refractivity contribution < 1.29 is 18.7 Å². The Balaban J connectivity index is 1.69. The molecule has 1 amide bonds. The van der Waals surface area contributed by atoms with Gasteiger partial charge in [0.1, 0.15) is 11.3 Å². The zero-order valence-electron chi connectivity index (χ0n) is 17.5. The van der Waals surface area contributed by atoms with Crippen LogP contribution in [0.15, 0.2) is 75.9 Å². The van der Waals surface area contributed by atoms with E-state index in [-0.39, 0.29) is 16.9 Å². The van der Waals surface area contributed by atoms with Crippen LogP contribution in [-0.4, -0.2) is 19.6 Å².